The summed E-state index contributed by atoms with van der Waals surface area (Å²) < 4.78 is 23.9. The van der Waals surface area contributed by atoms with Crippen LogP contribution in [0.15, 0.2) is 18.2 Å². The summed E-state index contributed by atoms with van der Waals surface area (Å²) >= 11 is 0. The zero-order valence-electron chi connectivity index (χ0n) is 10.0. The molecule has 0 amide bonds. The van der Waals surface area contributed by atoms with Crippen molar-refractivity contribution in [3.05, 3.63) is 29.6 Å². The maximum atomic E-state index is 13.6. The van der Waals surface area contributed by atoms with Gasteiger partial charge in [0.15, 0.2) is 11.6 Å². The van der Waals surface area contributed by atoms with Crippen molar-refractivity contribution < 1.29 is 13.9 Å². The monoisotopic (exact) mass is 239 g/mol. The minimum absolute atomic E-state index is 0.0268. The fourth-order valence-electron chi connectivity index (χ4n) is 2.27. The summed E-state index contributed by atoms with van der Waals surface area (Å²) in [5, 5.41) is 0. The number of hydrogen-bond donors (Lipinski definition) is 1. The highest BCUT2D eigenvalue weighted by Crippen LogP contribution is 2.32. The van der Waals surface area contributed by atoms with Gasteiger partial charge >= 0.3 is 0 Å². The Balaban J connectivity index is 2.15. The maximum absolute atomic E-state index is 13.6. The van der Waals surface area contributed by atoms with Gasteiger partial charge in [0.2, 0.25) is 0 Å². The molecule has 1 aromatic rings. The first-order chi connectivity index (χ1) is 8.19. The lowest BCUT2D eigenvalue weighted by Crippen LogP contribution is -2.33. The lowest BCUT2D eigenvalue weighted by atomic mass is 9.81. The fraction of sp³-hybridized carbons (Fsp3) is 0.538. The quantitative estimate of drug-likeness (QED) is 0.870. The maximum Gasteiger partial charge on any atom is 0.165 e. The minimum atomic E-state index is -0.323. The molecule has 1 atom stereocenters. The Kier molecular flexibility index (Phi) is 3.64. The van der Waals surface area contributed by atoms with Crippen LogP contribution in [-0.4, -0.2) is 26.9 Å². The molecule has 4 heteroatoms. The van der Waals surface area contributed by atoms with Crippen molar-refractivity contribution in [1.82, 2.24) is 0 Å². The lowest BCUT2D eigenvalue weighted by molar-refractivity contribution is 0.154. The molecule has 1 fully saturated rings. The first kappa shape index (κ1) is 12.3. The average molecular weight is 239 g/mol. The summed E-state index contributed by atoms with van der Waals surface area (Å²) in [6.07, 6.45) is 1.70. The fourth-order valence-corrected chi connectivity index (χ4v) is 2.27. The third-order valence-corrected chi connectivity index (χ3v) is 3.41. The summed E-state index contributed by atoms with van der Waals surface area (Å²) in [5.74, 6) is -0.0469. The van der Waals surface area contributed by atoms with Gasteiger partial charge in [0, 0.05) is 18.6 Å². The Morgan fingerprint density at radius 1 is 1.53 bits per heavy atom. The van der Waals surface area contributed by atoms with Gasteiger partial charge in [-0.25, -0.2) is 4.39 Å². The van der Waals surface area contributed by atoms with E-state index in [1.165, 1.54) is 13.2 Å². The normalized spacial score (nSPS) is 23.9. The van der Waals surface area contributed by atoms with Crippen LogP contribution >= 0.6 is 0 Å². The molecule has 0 radical (unpaired) electrons. The zero-order valence-corrected chi connectivity index (χ0v) is 10.0. The Morgan fingerprint density at radius 2 is 2.35 bits per heavy atom. The standard InChI is InChI=1S/C13H18FNO2/c1-16-12-3-2-10(6-11(12)14)7-13(8-15)4-5-17-9-13/h2-3,6H,4-5,7-9,15H2,1H3. The van der Waals surface area contributed by atoms with E-state index in [1.807, 2.05) is 6.07 Å². The highest BCUT2D eigenvalue weighted by Gasteiger charge is 2.33. The van der Waals surface area contributed by atoms with Crippen LogP contribution in [0.5, 0.6) is 5.75 Å². The summed E-state index contributed by atoms with van der Waals surface area (Å²) in [7, 11) is 1.46. The number of ether oxygens (including phenoxy) is 2. The van der Waals surface area contributed by atoms with Gasteiger partial charge in [-0.2, -0.15) is 0 Å². The number of rotatable bonds is 4. The first-order valence-corrected chi connectivity index (χ1v) is 5.79. The molecule has 2 rings (SSSR count). The number of hydrogen-bond acceptors (Lipinski definition) is 3. The van der Waals surface area contributed by atoms with Crippen LogP contribution in [0.4, 0.5) is 4.39 Å². The molecule has 0 spiro atoms. The summed E-state index contributed by atoms with van der Waals surface area (Å²) in [6, 6.07) is 5.07. The second kappa shape index (κ2) is 5.02. The second-order valence-electron chi connectivity index (χ2n) is 4.65. The SMILES string of the molecule is COc1ccc(CC2(CN)CCOC2)cc1F. The van der Waals surface area contributed by atoms with E-state index in [-0.39, 0.29) is 17.0 Å². The van der Waals surface area contributed by atoms with E-state index in [0.717, 1.165) is 25.0 Å². The van der Waals surface area contributed by atoms with Gasteiger partial charge in [-0.1, -0.05) is 6.07 Å². The van der Waals surface area contributed by atoms with E-state index in [0.29, 0.717) is 13.2 Å². The van der Waals surface area contributed by atoms with Gasteiger partial charge in [-0.3, -0.25) is 0 Å². The largest absolute Gasteiger partial charge is 0.494 e. The van der Waals surface area contributed by atoms with Gasteiger partial charge in [-0.15, -0.1) is 0 Å². The van der Waals surface area contributed by atoms with E-state index in [4.69, 9.17) is 15.2 Å². The molecule has 3 nitrogen and oxygen atoms in total. The Hall–Kier alpha value is -1.13. The molecule has 1 aliphatic rings. The third-order valence-electron chi connectivity index (χ3n) is 3.41. The van der Waals surface area contributed by atoms with E-state index in [2.05, 4.69) is 0 Å². The van der Waals surface area contributed by atoms with Crippen molar-refractivity contribution in [2.45, 2.75) is 12.8 Å². The molecule has 0 bridgehead atoms. The zero-order chi connectivity index (χ0) is 12.3. The van der Waals surface area contributed by atoms with E-state index in [9.17, 15) is 4.39 Å². The molecule has 0 aliphatic carbocycles. The van der Waals surface area contributed by atoms with Gasteiger partial charge in [0.25, 0.3) is 0 Å². The Morgan fingerprint density at radius 3 is 2.88 bits per heavy atom. The summed E-state index contributed by atoms with van der Waals surface area (Å²) in [4.78, 5) is 0. The third kappa shape index (κ3) is 2.58. The van der Waals surface area contributed by atoms with Crippen LogP contribution in [-0.2, 0) is 11.2 Å². The molecule has 1 unspecified atom stereocenters. The topological polar surface area (TPSA) is 44.5 Å². The molecule has 17 heavy (non-hydrogen) atoms. The average Bonchev–Trinajstić information content (AvgIpc) is 2.79. The molecule has 0 saturated carbocycles. The smallest absolute Gasteiger partial charge is 0.165 e. The second-order valence-corrected chi connectivity index (χ2v) is 4.65. The van der Waals surface area contributed by atoms with Gasteiger partial charge < -0.3 is 15.2 Å². The van der Waals surface area contributed by atoms with Crippen molar-refractivity contribution in [3.8, 4) is 5.75 Å². The van der Waals surface area contributed by atoms with Crippen molar-refractivity contribution in [3.63, 3.8) is 0 Å². The van der Waals surface area contributed by atoms with Crippen molar-refractivity contribution in [2.75, 3.05) is 26.9 Å². The Labute approximate surface area is 101 Å². The molecule has 1 saturated heterocycles. The molecular weight excluding hydrogens is 221 g/mol. The molecule has 1 aromatic carbocycles. The van der Waals surface area contributed by atoms with E-state index >= 15 is 0 Å². The molecule has 2 N–H and O–H groups in total. The molecule has 1 heterocycles. The number of methoxy groups -OCH3 is 1. The first-order valence-electron chi connectivity index (χ1n) is 5.79. The van der Waals surface area contributed by atoms with Crippen LogP contribution < -0.4 is 10.5 Å². The Bertz CT molecular complexity index is 389. The number of nitrogens with two attached hydrogens (primary N) is 1. The van der Waals surface area contributed by atoms with Crippen molar-refractivity contribution >= 4 is 0 Å². The number of halogens is 1. The molecule has 94 valence electrons. The number of benzene rings is 1. The van der Waals surface area contributed by atoms with Gasteiger partial charge in [-0.05, 0) is 30.5 Å². The van der Waals surface area contributed by atoms with Crippen molar-refractivity contribution in [2.24, 2.45) is 11.1 Å². The van der Waals surface area contributed by atoms with Crippen LogP contribution in [0.2, 0.25) is 0 Å². The highest BCUT2D eigenvalue weighted by molar-refractivity contribution is 5.30. The van der Waals surface area contributed by atoms with Crippen LogP contribution in [0, 0.1) is 11.2 Å². The molecular formula is C13H18FNO2. The van der Waals surface area contributed by atoms with Crippen LogP contribution in [0.3, 0.4) is 0 Å². The summed E-state index contributed by atoms with van der Waals surface area (Å²) in [5.41, 5.74) is 6.73. The van der Waals surface area contributed by atoms with Crippen LogP contribution in [0.1, 0.15) is 12.0 Å². The van der Waals surface area contributed by atoms with E-state index < -0.39 is 0 Å². The lowest BCUT2D eigenvalue weighted by Gasteiger charge is -2.25. The molecule has 1 aliphatic heterocycles. The highest BCUT2D eigenvalue weighted by atomic mass is 19.1. The minimum Gasteiger partial charge on any atom is -0.494 e. The molecule has 0 aromatic heterocycles. The predicted molar refractivity (Wildman–Crippen MR) is 63.6 cm³/mol. The predicted octanol–water partition coefficient (Wildman–Crippen LogP) is 1.74. The van der Waals surface area contributed by atoms with Gasteiger partial charge in [0.1, 0.15) is 0 Å². The van der Waals surface area contributed by atoms with E-state index in [1.54, 1.807) is 6.07 Å². The summed E-state index contributed by atoms with van der Waals surface area (Å²) in [6.45, 7) is 1.98. The van der Waals surface area contributed by atoms with Gasteiger partial charge in [0.05, 0.1) is 13.7 Å². The van der Waals surface area contributed by atoms with Crippen molar-refractivity contribution in [1.29, 1.82) is 0 Å². The van der Waals surface area contributed by atoms with Crippen LogP contribution in [0.25, 0.3) is 0 Å².